The van der Waals surface area contributed by atoms with Crippen molar-refractivity contribution in [2.75, 3.05) is 11.9 Å². The van der Waals surface area contributed by atoms with Gasteiger partial charge in [0.15, 0.2) is 5.75 Å². The van der Waals surface area contributed by atoms with Crippen LogP contribution in [0.15, 0.2) is 18.2 Å². The van der Waals surface area contributed by atoms with Gasteiger partial charge >= 0.3 is 5.69 Å². The third-order valence-electron chi connectivity index (χ3n) is 2.90. The Bertz CT molecular complexity index is 441. The molecule has 0 aliphatic heterocycles. The van der Waals surface area contributed by atoms with Crippen LogP contribution < -0.4 is 10.1 Å². The molecule has 1 aliphatic carbocycles. The van der Waals surface area contributed by atoms with Gasteiger partial charge in [-0.05, 0) is 32.8 Å². The zero-order valence-corrected chi connectivity index (χ0v) is 10.0. The molecule has 0 unspecified atom stereocenters. The van der Waals surface area contributed by atoms with Crippen LogP contribution >= 0.6 is 0 Å². The molecule has 0 atom stereocenters. The lowest BCUT2D eigenvalue weighted by Gasteiger charge is -2.14. The van der Waals surface area contributed by atoms with Crippen LogP contribution in [0.1, 0.15) is 26.7 Å². The van der Waals surface area contributed by atoms with Crippen molar-refractivity contribution in [3.63, 3.8) is 0 Å². The summed E-state index contributed by atoms with van der Waals surface area (Å²) in [4.78, 5) is 10.4. The molecule has 0 bridgehead atoms. The van der Waals surface area contributed by atoms with Gasteiger partial charge in [0.2, 0.25) is 0 Å². The first-order valence-corrected chi connectivity index (χ1v) is 5.73. The predicted molar refractivity (Wildman–Crippen MR) is 65.5 cm³/mol. The molecule has 17 heavy (non-hydrogen) atoms. The van der Waals surface area contributed by atoms with Crippen molar-refractivity contribution in [1.29, 1.82) is 0 Å². The van der Waals surface area contributed by atoms with Crippen molar-refractivity contribution in [1.82, 2.24) is 0 Å². The van der Waals surface area contributed by atoms with Gasteiger partial charge < -0.3 is 10.1 Å². The highest BCUT2D eigenvalue weighted by Crippen LogP contribution is 2.39. The van der Waals surface area contributed by atoms with E-state index >= 15 is 0 Å². The Morgan fingerprint density at radius 1 is 1.53 bits per heavy atom. The number of benzene rings is 1. The highest BCUT2D eigenvalue weighted by atomic mass is 16.6. The fourth-order valence-electron chi connectivity index (χ4n) is 1.67. The summed E-state index contributed by atoms with van der Waals surface area (Å²) in [6.45, 7) is 4.36. The Morgan fingerprint density at radius 2 is 2.24 bits per heavy atom. The maximum Gasteiger partial charge on any atom is 0.311 e. The van der Waals surface area contributed by atoms with Crippen molar-refractivity contribution in [2.24, 2.45) is 0 Å². The van der Waals surface area contributed by atoms with Crippen LogP contribution in [0.5, 0.6) is 5.75 Å². The molecule has 0 radical (unpaired) electrons. The normalized spacial score (nSPS) is 16.4. The van der Waals surface area contributed by atoms with Gasteiger partial charge in [-0.2, -0.15) is 0 Å². The van der Waals surface area contributed by atoms with Crippen LogP contribution in [0, 0.1) is 10.1 Å². The van der Waals surface area contributed by atoms with Crippen molar-refractivity contribution >= 4 is 11.4 Å². The van der Waals surface area contributed by atoms with E-state index in [1.165, 1.54) is 6.07 Å². The maximum absolute atomic E-state index is 10.8. The molecule has 1 aromatic carbocycles. The molecule has 92 valence electrons. The summed E-state index contributed by atoms with van der Waals surface area (Å²) in [7, 11) is 0. The molecular formula is C12H16N2O3. The Kier molecular flexibility index (Phi) is 2.92. The van der Waals surface area contributed by atoms with E-state index < -0.39 is 4.92 Å². The number of hydrogen-bond donors (Lipinski definition) is 1. The van der Waals surface area contributed by atoms with Gasteiger partial charge in [-0.3, -0.25) is 10.1 Å². The number of ether oxygens (including phenoxy) is 1. The van der Waals surface area contributed by atoms with Crippen LogP contribution in [0.3, 0.4) is 0 Å². The number of anilines is 1. The summed E-state index contributed by atoms with van der Waals surface area (Å²) in [5, 5.41) is 14.2. The lowest BCUT2D eigenvalue weighted by Crippen LogP contribution is -2.15. The molecule has 5 heteroatoms. The minimum atomic E-state index is -0.423. The van der Waals surface area contributed by atoms with E-state index in [0.717, 1.165) is 18.5 Å². The minimum Gasteiger partial charge on any atom is -0.487 e. The van der Waals surface area contributed by atoms with Crippen molar-refractivity contribution in [2.45, 2.75) is 32.2 Å². The number of rotatable bonds is 5. The van der Waals surface area contributed by atoms with Crippen LogP contribution in [-0.2, 0) is 0 Å². The zero-order valence-electron chi connectivity index (χ0n) is 10.0. The van der Waals surface area contributed by atoms with E-state index in [4.69, 9.17) is 4.74 Å². The van der Waals surface area contributed by atoms with Gasteiger partial charge in [0.05, 0.1) is 11.5 Å². The van der Waals surface area contributed by atoms with Gasteiger partial charge in [-0.25, -0.2) is 0 Å². The molecular weight excluding hydrogens is 220 g/mol. The van der Waals surface area contributed by atoms with E-state index in [2.05, 4.69) is 12.2 Å². The number of nitrogens with one attached hydrogen (secondary N) is 1. The summed E-state index contributed by atoms with van der Waals surface area (Å²) in [5.41, 5.74) is 1.04. The summed E-state index contributed by atoms with van der Waals surface area (Å²) in [5.74, 6) is 0.326. The van der Waals surface area contributed by atoms with E-state index in [9.17, 15) is 10.1 Å². The molecule has 1 aromatic rings. The van der Waals surface area contributed by atoms with E-state index in [1.54, 1.807) is 12.1 Å². The SMILES string of the molecule is CCOc1cc(NC2(C)CC2)ccc1[N+](=O)[O-]. The van der Waals surface area contributed by atoms with Crippen molar-refractivity contribution in [3.8, 4) is 5.75 Å². The third kappa shape index (κ3) is 2.67. The van der Waals surface area contributed by atoms with Crippen molar-refractivity contribution in [3.05, 3.63) is 28.3 Å². The summed E-state index contributed by atoms with van der Waals surface area (Å²) < 4.78 is 5.29. The molecule has 1 N–H and O–H groups in total. The summed E-state index contributed by atoms with van der Waals surface area (Å²) >= 11 is 0. The van der Waals surface area contributed by atoms with Crippen LogP contribution in [-0.4, -0.2) is 17.1 Å². The smallest absolute Gasteiger partial charge is 0.311 e. The molecule has 0 saturated heterocycles. The predicted octanol–water partition coefficient (Wildman–Crippen LogP) is 2.96. The number of hydrogen-bond acceptors (Lipinski definition) is 4. The average molecular weight is 236 g/mol. The largest absolute Gasteiger partial charge is 0.487 e. The van der Waals surface area contributed by atoms with Crippen LogP contribution in [0.25, 0.3) is 0 Å². The second-order valence-corrected chi connectivity index (χ2v) is 4.56. The first-order valence-electron chi connectivity index (χ1n) is 5.73. The Hall–Kier alpha value is -1.78. The van der Waals surface area contributed by atoms with Crippen molar-refractivity contribution < 1.29 is 9.66 Å². The molecule has 5 nitrogen and oxygen atoms in total. The molecule has 1 fully saturated rings. The van der Waals surface area contributed by atoms with Crippen LogP contribution in [0.4, 0.5) is 11.4 Å². The Balaban J connectivity index is 2.24. The number of nitro benzene ring substituents is 1. The van der Waals surface area contributed by atoms with E-state index in [-0.39, 0.29) is 11.2 Å². The lowest BCUT2D eigenvalue weighted by atomic mass is 10.2. The van der Waals surface area contributed by atoms with Gasteiger partial charge in [-0.1, -0.05) is 0 Å². The van der Waals surface area contributed by atoms with E-state index in [0.29, 0.717) is 12.4 Å². The fraction of sp³-hybridized carbons (Fsp3) is 0.500. The number of nitro groups is 1. The first-order chi connectivity index (χ1) is 8.04. The Labute approximate surface area is 99.9 Å². The lowest BCUT2D eigenvalue weighted by molar-refractivity contribution is -0.385. The molecule has 0 aromatic heterocycles. The zero-order chi connectivity index (χ0) is 12.5. The molecule has 1 saturated carbocycles. The highest BCUT2D eigenvalue weighted by Gasteiger charge is 2.37. The maximum atomic E-state index is 10.8. The fourth-order valence-corrected chi connectivity index (χ4v) is 1.67. The quantitative estimate of drug-likeness (QED) is 0.630. The van der Waals surface area contributed by atoms with Gasteiger partial charge in [0.25, 0.3) is 0 Å². The second-order valence-electron chi connectivity index (χ2n) is 4.56. The van der Waals surface area contributed by atoms with E-state index in [1.807, 2.05) is 6.92 Å². The standard InChI is InChI=1S/C12H16N2O3/c1-3-17-11-8-9(13-12(2)6-7-12)4-5-10(11)14(15)16/h4-5,8,13H,3,6-7H2,1-2H3. The molecule has 2 rings (SSSR count). The monoisotopic (exact) mass is 236 g/mol. The minimum absolute atomic E-state index is 0.0124. The summed E-state index contributed by atoms with van der Waals surface area (Å²) in [6, 6.07) is 4.91. The molecule has 0 heterocycles. The summed E-state index contributed by atoms with van der Waals surface area (Å²) in [6.07, 6.45) is 2.27. The third-order valence-corrected chi connectivity index (χ3v) is 2.90. The van der Waals surface area contributed by atoms with Gasteiger partial charge in [-0.15, -0.1) is 0 Å². The first kappa shape index (κ1) is 11.7. The molecule has 0 spiro atoms. The molecule has 1 aliphatic rings. The Morgan fingerprint density at radius 3 is 2.76 bits per heavy atom. The highest BCUT2D eigenvalue weighted by molar-refractivity contribution is 5.59. The average Bonchev–Trinajstić information content (AvgIpc) is 2.96. The molecule has 0 amide bonds. The topological polar surface area (TPSA) is 64.4 Å². The second kappa shape index (κ2) is 4.24. The van der Waals surface area contributed by atoms with Crippen LogP contribution in [0.2, 0.25) is 0 Å². The van der Waals surface area contributed by atoms with Gasteiger partial charge in [0, 0.05) is 23.4 Å². The van der Waals surface area contributed by atoms with Gasteiger partial charge in [0.1, 0.15) is 0 Å². The number of nitrogens with zero attached hydrogens (tertiary/aromatic N) is 1.